The maximum atomic E-state index is 12.8. The molecule has 22 heavy (non-hydrogen) atoms. The lowest BCUT2D eigenvalue weighted by Crippen LogP contribution is -2.21. The van der Waals surface area contributed by atoms with Gasteiger partial charge < -0.3 is 9.29 Å². The number of hydrogen-bond acceptors (Lipinski definition) is 4. The number of H-pyrrole nitrogens is 1. The minimum Gasteiger partial charge on any atom is -0.360 e. The van der Waals surface area contributed by atoms with E-state index in [9.17, 15) is 4.79 Å². The van der Waals surface area contributed by atoms with Crippen LogP contribution in [0.1, 0.15) is 10.4 Å². The first-order chi connectivity index (χ1) is 10.8. The Morgan fingerprint density at radius 1 is 1.27 bits per heavy atom. The summed E-state index contributed by atoms with van der Waals surface area (Å²) in [7, 11) is 0. The largest absolute Gasteiger partial charge is 0.360 e. The van der Waals surface area contributed by atoms with E-state index in [1.54, 1.807) is 18.1 Å². The van der Waals surface area contributed by atoms with Gasteiger partial charge in [-0.25, -0.2) is 0 Å². The van der Waals surface area contributed by atoms with E-state index in [-0.39, 0.29) is 11.7 Å². The van der Waals surface area contributed by atoms with Gasteiger partial charge in [-0.2, -0.15) is 0 Å². The molecule has 5 heteroatoms. The van der Waals surface area contributed by atoms with Gasteiger partial charge in [-0.05, 0) is 30.1 Å². The van der Waals surface area contributed by atoms with E-state index in [1.165, 1.54) is 0 Å². The number of pyridine rings is 1. The predicted molar refractivity (Wildman–Crippen MR) is 90.2 cm³/mol. The molecule has 0 amide bonds. The van der Waals surface area contributed by atoms with Crippen LogP contribution in [0.15, 0.2) is 55.0 Å². The Kier molecular flexibility index (Phi) is 3.35. The van der Waals surface area contributed by atoms with Crippen LogP contribution in [0.4, 0.5) is 5.69 Å². The summed E-state index contributed by atoms with van der Waals surface area (Å²) in [5, 5.41) is 1.01. The van der Waals surface area contributed by atoms with Gasteiger partial charge in [-0.3, -0.25) is 9.78 Å². The van der Waals surface area contributed by atoms with Crippen LogP contribution in [0.25, 0.3) is 10.9 Å². The van der Waals surface area contributed by atoms with Gasteiger partial charge in [0.25, 0.3) is 0 Å². The van der Waals surface area contributed by atoms with Crippen molar-refractivity contribution in [1.82, 2.24) is 9.97 Å². The monoisotopic (exact) mass is 309 g/mol. The highest BCUT2D eigenvalue weighted by Gasteiger charge is 2.31. The molecule has 1 aliphatic heterocycles. The van der Waals surface area contributed by atoms with Crippen molar-refractivity contribution in [2.45, 2.75) is 0 Å². The van der Waals surface area contributed by atoms with Crippen LogP contribution in [-0.2, 0) is 0 Å². The highest BCUT2D eigenvalue weighted by atomic mass is 32.2. The molecule has 1 N–H and O–H groups in total. The Bertz CT molecular complexity index is 815. The van der Waals surface area contributed by atoms with Crippen molar-refractivity contribution in [2.75, 3.05) is 16.6 Å². The smallest absolute Gasteiger partial charge is 0.170 e. The number of anilines is 1. The molecule has 1 fully saturated rings. The highest BCUT2D eigenvalue weighted by molar-refractivity contribution is 8.00. The standard InChI is InChI=1S/C17H15N3OS/c21-17(15-9-19-16-6-2-1-5-14(15)16)12-10-20(22-11-12)13-4-3-7-18-8-13/h1-9,12,19H,10-11H2/t12-/m0/s1. The first kappa shape index (κ1) is 13.4. The number of benzene rings is 1. The zero-order valence-corrected chi connectivity index (χ0v) is 12.7. The predicted octanol–water partition coefficient (Wildman–Crippen LogP) is 3.53. The summed E-state index contributed by atoms with van der Waals surface area (Å²) in [6.07, 6.45) is 5.44. The Morgan fingerprint density at radius 2 is 2.18 bits per heavy atom. The molecule has 1 aromatic carbocycles. The minimum absolute atomic E-state index is 0.0180. The van der Waals surface area contributed by atoms with Gasteiger partial charge >= 0.3 is 0 Å². The second-order valence-corrected chi connectivity index (χ2v) is 6.41. The number of aromatic amines is 1. The molecule has 0 spiro atoms. The number of hydrogen-bond donors (Lipinski definition) is 1. The third-order valence-corrected chi connectivity index (χ3v) is 5.20. The number of para-hydroxylation sites is 1. The summed E-state index contributed by atoms with van der Waals surface area (Å²) in [5.74, 6) is 1.05. The molecule has 0 radical (unpaired) electrons. The molecule has 1 saturated heterocycles. The van der Waals surface area contributed by atoms with E-state index in [4.69, 9.17) is 0 Å². The van der Waals surface area contributed by atoms with E-state index in [2.05, 4.69) is 14.3 Å². The Balaban J connectivity index is 1.57. The summed E-state index contributed by atoms with van der Waals surface area (Å²) in [6.45, 7) is 0.731. The van der Waals surface area contributed by atoms with Crippen molar-refractivity contribution in [3.8, 4) is 0 Å². The first-order valence-corrected chi connectivity index (χ1v) is 8.18. The van der Waals surface area contributed by atoms with Crippen LogP contribution in [0.5, 0.6) is 0 Å². The van der Waals surface area contributed by atoms with Gasteiger partial charge in [-0.1, -0.05) is 18.2 Å². The minimum atomic E-state index is 0.0180. The highest BCUT2D eigenvalue weighted by Crippen LogP contribution is 2.33. The van der Waals surface area contributed by atoms with Crippen LogP contribution >= 0.6 is 11.9 Å². The molecule has 3 aromatic rings. The van der Waals surface area contributed by atoms with Crippen LogP contribution in [0.2, 0.25) is 0 Å². The molecule has 4 rings (SSSR count). The molecule has 0 aliphatic carbocycles. The lowest BCUT2D eigenvalue weighted by atomic mass is 9.98. The number of carbonyl (C=O) groups excluding carboxylic acids is 1. The van der Waals surface area contributed by atoms with Gasteiger partial charge in [-0.15, -0.1) is 0 Å². The number of aromatic nitrogens is 2. The average Bonchev–Trinajstić information content (AvgIpc) is 3.22. The molecule has 3 heterocycles. The van der Waals surface area contributed by atoms with Gasteiger partial charge in [0.15, 0.2) is 5.78 Å². The third kappa shape index (κ3) is 2.27. The molecule has 110 valence electrons. The summed E-state index contributed by atoms with van der Waals surface area (Å²) in [6, 6.07) is 11.9. The molecule has 4 nitrogen and oxygen atoms in total. The van der Waals surface area contributed by atoms with Crippen molar-refractivity contribution in [3.05, 3.63) is 60.6 Å². The van der Waals surface area contributed by atoms with Crippen molar-refractivity contribution in [1.29, 1.82) is 0 Å². The van der Waals surface area contributed by atoms with Crippen LogP contribution < -0.4 is 4.31 Å². The summed E-state index contributed by atoms with van der Waals surface area (Å²) < 4.78 is 2.16. The topological polar surface area (TPSA) is 49.0 Å². The summed E-state index contributed by atoms with van der Waals surface area (Å²) in [5.41, 5.74) is 2.87. The van der Waals surface area contributed by atoms with Crippen LogP contribution in [0.3, 0.4) is 0 Å². The second kappa shape index (κ2) is 5.50. The van der Waals surface area contributed by atoms with Gasteiger partial charge in [0, 0.05) is 41.2 Å². The quantitative estimate of drug-likeness (QED) is 0.594. The first-order valence-electron chi connectivity index (χ1n) is 7.24. The van der Waals surface area contributed by atoms with E-state index >= 15 is 0 Å². The number of Topliss-reactive ketones (excluding diaryl/α,β-unsaturated/α-hetero) is 1. The summed E-state index contributed by atoms with van der Waals surface area (Å²) in [4.78, 5) is 20.2. The average molecular weight is 309 g/mol. The fraction of sp³-hybridized carbons (Fsp3) is 0.176. The molecule has 1 aliphatic rings. The molecule has 2 aromatic heterocycles. The number of nitrogens with zero attached hydrogens (tertiary/aromatic N) is 2. The molecule has 0 saturated carbocycles. The van der Waals surface area contributed by atoms with Gasteiger partial charge in [0.1, 0.15) is 0 Å². The lowest BCUT2D eigenvalue weighted by molar-refractivity contribution is 0.0942. The maximum Gasteiger partial charge on any atom is 0.170 e. The molecule has 1 atom stereocenters. The van der Waals surface area contributed by atoms with Gasteiger partial charge in [0.05, 0.1) is 17.8 Å². The number of carbonyl (C=O) groups is 1. The summed E-state index contributed by atoms with van der Waals surface area (Å²) >= 11 is 1.70. The van der Waals surface area contributed by atoms with Crippen molar-refractivity contribution in [2.24, 2.45) is 5.92 Å². The van der Waals surface area contributed by atoms with Crippen molar-refractivity contribution in [3.63, 3.8) is 0 Å². The molecule has 0 unspecified atom stereocenters. The van der Waals surface area contributed by atoms with Crippen LogP contribution in [-0.4, -0.2) is 28.0 Å². The third-order valence-electron chi connectivity index (χ3n) is 3.98. The second-order valence-electron chi connectivity index (χ2n) is 5.38. The number of nitrogens with one attached hydrogen (secondary N) is 1. The van der Waals surface area contributed by atoms with Crippen LogP contribution in [0, 0.1) is 5.92 Å². The normalized spacial score (nSPS) is 18.0. The number of fused-ring (bicyclic) bond motifs is 1. The fourth-order valence-electron chi connectivity index (χ4n) is 2.82. The molecular weight excluding hydrogens is 294 g/mol. The fourth-order valence-corrected chi connectivity index (χ4v) is 3.98. The Hall–Kier alpha value is -2.27. The van der Waals surface area contributed by atoms with Gasteiger partial charge in [0.2, 0.25) is 0 Å². The number of rotatable bonds is 3. The van der Waals surface area contributed by atoms with Crippen molar-refractivity contribution >= 4 is 34.3 Å². The zero-order chi connectivity index (χ0) is 14.9. The lowest BCUT2D eigenvalue weighted by Gasteiger charge is -2.15. The Labute approximate surface area is 132 Å². The molecular formula is C17H15N3OS. The maximum absolute atomic E-state index is 12.8. The van der Waals surface area contributed by atoms with E-state index in [0.717, 1.165) is 34.5 Å². The molecule has 0 bridgehead atoms. The van der Waals surface area contributed by atoms with E-state index in [0.29, 0.717) is 0 Å². The SMILES string of the molecule is O=C(c1c[nH]c2ccccc12)[C@@H]1CSN(c2cccnc2)C1. The Morgan fingerprint density at radius 3 is 3.05 bits per heavy atom. The van der Waals surface area contributed by atoms with E-state index in [1.807, 2.05) is 48.8 Å². The zero-order valence-electron chi connectivity index (χ0n) is 11.9. The van der Waals surface area contributed by atoms with E-state index < -0.39 is 0 Å². The number of ketones is 1. The van der Waals surface area contributed by atoms with Crippen molar-refractivity contribution < 1.29 is 4.79 Å².